The van der Waals surface area contributed by atoms with Gasteiger partial charge in [-0.05, 0) is 55.7 Å². The van der Waals surface area contributed by atoms with Gasteiger partial charge in [0.05, 0.1) is 24.7 Å². The van der Waals surface area contributed by atoms with Gasteiger partial charge in [-0.2, -0.15) is 0 Å². The molecule has 2 heterocycles. The molecule has 0 spiro atoms. The van der Waals surface area contributed by atoms with Gasteiger partial charge < -0.3 is 19.3 Å². The minimum atomic E-state index is -0.868. The molecule has 1 fully saturated rings. The average molecular weight is 521 g/mol. The normalized spacial score (nSPS) is 32.2. The number of carbonyl (C=O) groups excluding carboxylic acids is 2. The number of allylic oxidation sites excluding steroid dienone is 3. The predicted octanol–water partition coefficient (Wildman–Crippen LogP) is 5.80. The van der Waals surface area contributed by atoms with Gasteiger partial charge in [0.1, 0.15) is 18.4 Å². The second kappa shape index (κ2) is 14.6. The van der Waals surface area contributed by atoms with E-state index in [0.717, 1.165) is 12.0 Å². The SMILES string of the molecule is C=C1CCC(O)CC(=O)OC(C(C)=CC=CC(C)CC2OC2C(C)C(F)CC)C(C)C=CC1OC(C)=O. The topological polar surface area (TPSA) is 85.4 Å². The third kappa shape index (κ3) is 10.2. The Morgan fingerprint density at radius 2 is 2.03 bits per heavy atom. The van der Waals surface area contributed by atoms with Crippen molar-refractivity contribution in [3.8, 4) is 0 Å². The molecule has 0 aromatic rings. The summed E-state index contributed by atoms with van der Waals surface area (Å²) in [7, 11) is 0. The van der Waals surface area contributed by atoms with Crippen molar-refractivity contribution < 1.29 is 33.3 Å². The molecule has 1 saturated heterocycles. The van der Waals surface area contributed by atoms with Crippen LogP contribution in [0.4, 0.5) is 4.39 Å². The van der Waals surface area contributed by atoms with Crippen molar-refractivity contribution in [2.75, 3.05) is 0 Å². The highest BCUT2D eigenvalue weighted by Crippen LogP contribution is 2.37. The van der Waals surface area contributed by atoms with Gasteiger partial charge in [0.2, 0.25) is 0 Å². The highest BCUT2D eigenvalue weighted by Gasteiger charge is 2.45. The van der Waals surface area contributed by atoms with E-state index < -0.39 is 36.4 Å². The van der Waals surface area contributed by atoms with Crippen LogP contribution in [-0.4, -0.2) is 53.7 Å². The zero-order chi connectivity index (χ0) is 27.7. The maximum absolute atomic E-state index is 13.9. The minimum absolute atomic E-state index is 0.00594. The molecule has 1 N–H and O–H groups in total. The van der Waals surface area contributed by atoms with E-state index in [1.165, 1.54) is 6.92 Å². The highest BCUT2D eigenvalue weighted by atomic mass is 19.1. The summed E-state index contributed by atoms with van der Waals surface area (Å²) in [6.45, 7) is 15.0. The number of aliphatic hydroxyl groups is 1. The van der Waals surface area contributed by atoms with Gasteiger partial charge in [0, 0.05) is 18.8 Å². The first-order valence-electron chi connectivity index (χ1n) is 13.5. The number of esters is 2. The van der Waals surface area contributed by atoms with E-state index in [2.05, 4.69) is 19.6 Å². The molecule has 0 radical (unpaired) electrons. The number of cyclic esters (lactones) is 1. The molecule has 9 atom stereocenters. The van der Waals surface area contributed by atoms with Gasteiger partial charge in [0.15, 0.2) is 0 Å². The van der Waals surface area contributed by atoms with E-state index in [0.29, 0.717) is 24.8 Å². The Balaban J connectivity index is 2.09. The van der Waals surface area contributed by atoms with E-state index >= 15 is 0 Å². The highest BCUT2D eigenvalue weighted by molar-refractivity contribution is 5.70. The van der Waals surface area contributed by atoms with Gasteiger partial charge in [-0.15, -0.1) is 0 Å². The minimum Gasteiger partial charge on any atom is -0.457 e. The zero-order valence-electron chi connectivity index (χ0n) is 23.2. The molecule has 0 aliphatic carbocycles. The van der Waals surface area contributed by atoms with Gasteiger partial charge in [-0.25, -0.2) is 4.39 Å². The smallest absolute Gasteiger partial charge is 0.309 e. The van der Waals surface area contributed by atoms with Crippen LogP contribution in [0.2, 0.25) is 0 Å². The summed E-state index contributed by atoms with van der Waals surface area (Å²) in [6, 6.07) is 0. The quantitative estimate of drug-likeness (QED) is 0.179. The number of hydrogen-bond donors (Lipinski definition) is 1. The Bertz CT molecular complexity index is 877. The summed E-state index contributed by atoms with van der Waals surface area (Å²) >= 11 is 0. The second-order valence-electron chi connectivity index (χ2n) is 10.7. The van der Waals surface area contributed by atoms with Crippen molar-refractivity contribution in [3.05, 3.63) is 48.1 Å². The zero-order valence-corrected chi connectivity index (χ0v) is 23.2. The van der Waals surface area contributed by atoms with Crippen molar-refractivity contribution >= 4 is 11.9 Å². The third-order valence-electron chi connectivity index (χ3n) is 7.17. The Kier molecular flexibility index (Phi) is 12.2. The van der Waals surface area contributed by atoms with Crippen LogP contribution in [0.25, 0.3) is 0 Å². The summed E-state index contributed by atoms with van der Waals surface area (Å²) < 4.78 is 30.8. The first-order valence-corrected chi connectivity index (χ1v) is 13.5. The maximum atomic E-state index is 13.9. The van der Waals surface area contributed by atoms with Crippen molar-refractivity contribution in [3.63, 3.8) is 0 Å². The lowest BCUT2D eigenvalue weighted by molar-refractivity contribution is -0.151. The molecule has 2 rings (SSSR count). The summed E-state index contributed by atoms with van der Waals surface area (Å²) in [5, 5.41) is 10.3. The third-order valence-corrected chi connectivity index (χ3v) is 7.17. The molecule has 0 aromatic carbocycles. The molecule has 0 bridgehead atoms. The summed E-state index contributed by atoms with van der Waals surface area (Å²) in [5.41, 5.74) is 1.51. The molecule has 0 amide bonds. The fraction of sp³-hybridized carbons (Fsp3) is 0.667. The lowest BCUT2D eigenvalue weighted by atomic mass is 9.93. The van der Waals surface area contributed by atoms with E-state index in [-0.39, 0.29) is 36.4 Å². The second-order valence-corrected chi connectivity index (χ2v) is 10.7. The standard InChI is InChI=1S/C30H45FO6/c1-8-25(31)22(6)30-27(36-30)16-18(2)10-9-11-20(4)29-21(5)13-15-26(35-23(7)32)19(3)12-14-24(33)17-28(34)37-29/h9-11,13,15,18,21-22,24-27,29-30,33H,3,8,12,14,16-17H2,1-2,4-7H3. The number of hydrogen-bond acceptors (Lipinski definition) is 6. The number of ether oxygens (including phenoxy) is 3. The molecular weight excluding hydrogens is 475 g/mol. The van der Waals surface area contributed by atoms with Crippen molar-refractivity contribution in [2.24, 2.45) is 17.8 Å². The molecule has 0 aromatic heterocycles. The summed E-state index contributed by atoms with van der Waals surface area (Å²) in [5.74, 6) is -0.929. The fourth-order valence-corrected chi connectivity index (χ4v) is 4.73. The Labute approximate surface area is 221 Å². The molecule has 208 valence electrons. The van der Waals surface area contributed by atoms with Gasteiger partial charge in [-0.3, -0.25) is 9.59 Å². The lowest BCUT2D eigenvalue weighted by Crippen LogP contribution is -2.29. The summed E-state index contributed by atoms with van der Waals surface area (Å²) in [6.07, 6.45) is 8.78. The Hall–Kier alpha value is -2.25. The van der Waals surface area contributed by atoms with Crippen LogP contribution in [0.15, 0.2) is 48.1 Å². The number of aliphatic hydroxyl groups excluding tert-OH is 1. The van der Waals surface area contributed by atoms with Crippen molar-refractivity contribution in [2.45, 2.75) is 110 Å². The molecule has 7 heteroatoms. The number of epoxide rings is 1. The summed E-state index contributed by atoms with van der Waals surface area (Å²) in [4.78, 5) is 24.1. The molecule has 2 aliphatic heterocycles. The van der Waals surface area contributed by atoms with Gasteiger partial charge in [0.25, 0.3) is 0 Å². The number of alkyl halides is 1. The largest absolute Gasteiger partial charge is 0.457 e. The number of halogens is 1. The van der Waals surface area contributed by atoms with Crippen LogP contribution in [0.5, 0.6) is 0 Å². The fourth-order valence-electron chi connectivity index (χ4n) is 4.73. The lowest BCUT2D eigenvalue weighted by Gasteiger charge is -2.25. The number of carbonyl (C=O) groups is 2. The van der Waals surface area contributed by atoms with Gasteiger partial charge >= 0.3 is 11.9 Å². The van der Waals surface area contributed by atoms with Crippen LogP contribution in [0, 0.1) is 17.8 Å². The van der Waals surface area contributed by atoms with Crippen LogP contribution in [0.1, 0.15) is 73.6 Å². The van der Waals surface area contributed by atoms with Crippen LogP contribution in [-0.2, 0) is 23.8 Å². The van der Waals surface area contributed by atoms with E-state index in [1.54, 1.807) is 6.08 Å². The van der Waals surface area contributed by atoms with Crippen molar-refractivity contribution in [1.82, 2.24) is 0 Å². The first-order chi connectivity index (χ1) is 17.4. The van der Waals surface area contributed by atoms with Crippen LogP contribution >= 0.6 is 0 Å². The van der Waals surface area contributed by atoms with Crippen molar-refractivity contribution in [1.29, 1.82) is 0 Å². The van der Waals surface area contributed by atoms with E-state index in [9.17, 15) is 19.1 Å². The number of rotatable bonds is 9. The average Bonchev–Trinajstić information content (AvgIpc) is 3.60. The molecule has 9 unspecified atom stereocenters. The predicted molar refractivity (Wildman–Crippen MR) is 142 cm³/mol. The molecular formula is C30H45FO6. The monoisotopic (exact) mass is 520 g/mol. The van der Waals surface area contributed by atoms with Gasteiger partial charge in [-0.1, -0.05) is 58.6 Å². The molecule has 37 heavy (non-hydrogen) atoms. The van der Waals surface area contributed by atoms with Crippen LogP contribution in [0.3, 0.4) is 0 Å². The molecule has 2 aliphatic rings. The van der Waals surface area contributed by atoms with E-state index in [4.69, 9.17) is 14.2 Å². The molecule has 0 saturated carbocycles. The first kappa shape index (κ1) is 31.0. The maximum Gasteiger partial charge on any atom is 0.309 e. The van der Waals surface area contributed by atoms with E-state index in [1.807, 2.05) is 45.9 Å². The Morgan fingerprint density at radius 1 is 1.32 bits per heavy atom. The molecule has 6 nitrogen and oxygen atoms in total. The van der Waals surface area contributed by atoms with Crippen LogP contribution < -0.4 is 0 Å². The Morgan fingerprint density at radius 3 is 2.68 bits per heavy atom.